The predicted molar refractivity (Wildman–Crippen MR) is 108 cm³/mol. The van der Waals surface area contributed by atoms with Gasteiger partial charge in [0.2, 0.25) is 0 Å². The molecule has 8 heteroatoms. The lowest BCUT2D eigenvalue weighted by Gasteiger charge is -2.26. The maximum atomic E-state index is 12.5. The quantitative estimate of drug-likeness (QED) is 0.665. The normalized spacial score (nSPS) is 18.1. The van der Waals surface area contributed by atoms with Crippen LogP contribution in [-0.4, -0.2) is 31.3 Å². The molecule has 2 heterocycles. The van der Waals surface area contributed by atoms with Gasteiger partial charge in [-0.3, -0.25) is 4.98 Å². The molecule has 6 nitrogen and oxygen atoms in total. The molecule has 3 aromatic rings. The number of amidine groups is 1. The minimum Gasteiger partial charge on any atom is -0.495 e. The van der Waals surface area contributed by atoms with Gasteiger partial charge in [-0.15, -0.1) is 0 Å². The average Bonchev–Trinajstić information content (AvgIpc) is 3.17. The lowest BCUT2D eigenvalue weighted by atomic mass is 9.83. The molecule has 0 bridgehead atoms. The van der Waals surface area contributed by atoms with E-state index in [1.165, 1.54) is 12.1 Å². The number of alkyl halides is 2. The molecular weight excluding hydrogens is 392 g/mol. The van der Waals surface area contributed by atoms with Crippen LogP contribution in [0, 0.1) is 0 Å². The highest BCUT2D eigenvalue weighted by molar-refractivity contribution is 5.76. The van der Waals surface area contributed by atoms with Crippen LogP contribution in [0.15, 0.2) is 72.0 Å². The topological polar surface area (TPSA) is 79.0 Å². The fourth-order valence-corrected chi connectivity index (χ4v) is 3.45. The van der Waals surface area contributed by atoms with E-state index in [0.29, 0.717) is 5.75 Å². The first-order valence-corrected chi connectivity index (χ1v) is 9.13. The summed E-state index contributed by atoms with van der Waals surface area (Å²) in [5.41, 5.74) is 8.31. The lowest BCUT2D eigenvalue weighted by molar-refractivity contribution is -0.0498. The van der Waals surface area contributed by atoms with E-state index in [1.54, 1.807) is 31.6 Å². The summed E-state index contributed by atoms with van der Waals surface area (Å²) in [5.74, 6) is 0.713. The van der Waals surface area contributed by atoms with Crippen LogP contribution >= 0.6 is 0 Å². The molecule has 1 aromatic heterocycles. The Bertz CT molecular complexity index is 1070. The van der Waals surface area contributed by atoms with Gasteiger partial charge in [0.25, 0.3) is 6.02 Å². The van der Waals surface area contributed by atoms with Crippen molar-refractivity contribution in [2.24, 2.45) is 10.7 Å². The van der Waals surface area contributed by atoms with Crippen molar-refractivity contribution in [2.75, 3.05) is 13.7 Å². The summed E-state index contributed by atoms with van der Waals surface area (Å²) in [7, 11) is 1.58. The van der Waals surface area contributed by atoms with Crippen molar-refractivity contribution in [2.45, 2.75) is 12.2 Å². The number of rotatable bonds is 6. The Morgan fingerprint density at radius 3 is 2.47 bits per heavy atom. The molecule has 0 fully saturated rings. The van der Waals surface area contributed by atoms with Gasteiger partial charge in [0, 0.05) is 11.8 Å². The molecule has 0 amide bonds. The fraction of sp³-hybridized carbons (Fsp3) is 0.182. The molecule has 154 valence electrons. The number of methoxy groups -OCH3 is 1. The van der Waals surface area contributed by atoms with Crippen molar-refractivity contribution in [1.82, 2.24) is 4.98 Å². The van der Waals surface area contributed by atoms with E-state index in [-0.39, 0.29) is 18.4 Å². The van der Waals surface area contributed by atoms with Crippen LogP contribution in [0.1, 0.15) is 11.1 Å². The van der Waals surface area contributed by atoms with E-state index in [4.69, 9.17) is 15.2 Å². The zero-order valence-corrected chi connectivity index (χ0v) is 16.1. The third-order valence-corrected chi connectivity index (χ3v) is 4.91. The SMILES string of the molecule is COc1cncc(-c2cccc(C3(c4ccc(OC(F)F)cc4)COC(N)=N3)c2)c1. The predicted octanol–water partition coefficient (Wildman–Crippen LogP) is 3.95. The Morgan fingerprint density at radius 1 is 1.00 bits per heavy atom. The molecule has 4 rings (SSSR count). The van der Waals surface area contributed by atoms with Gasteiger partial charge in [-0.2, -0.15) is 8.78 Å². The van der Waals surface area contributed by atoms with Gasteiger partial charge >= 0.3 is 6.61 Å². The minimum atomic E-state index is -2.89. The Balaban J connectivity index is 1.76. The van der Waals surface area contributed by atoms with Crippen LogP contribution in [0.3, 0.4) is 0 Å². The zero-order valence-electron chi connectivity index (χ0n) is 16.1. The van der Waals surface area contributed by atoms with Crippen molar-refractivity contribution in [1.29, 1.82) is 0 Å². The standard InChI is InChI=1S/C22H19F2N3O3/c1-28-19-10-15(11-26-12-19)14-3-2-4-17(9-14)22(13-29-21(25)27-22)16-5-7-18(8-6-16)30-20(23)24/h2-12,20H,13H2,1H3,(H2,25,27). The summed E-state index contributed by atoms with van der Waals surface area (Å²) in [6.07, 6.45) is 3.38. The molecular formula is C22H19F2N3O3. The van der Waals surface area contributed by atoms with E-state index < -0.39 is 12.2 Å². The first-order chi connectivity index (χ1) is 14.5. The molecule has 1 aliphatic heterocycles. The van der Waals surface area contributed by atoms with Crippen molar-refractivity contribution >= 4 is 6.02 Å². The van der Waals surface area contributed by atoms with E-state index in [2.05, 4.69) is 14.7 Å². The van der Waals surface area contributed by atoms with Crippen molar-refractivity contribution in [3.05, 3.63) is 78.1 Å². The van der Waals surface area contributed by atoms with Gasteiger partial charge in [-0.05, 0) is 41.0 Å². The van der Waals surface area contributed by atoms with Gasteiger partial charge in [0.15, 0.2) is 5.54 Å². The fourth-order valence-electron chi connectivity index (χ4n) is 3.45. The molecule has 0 saturated heterocycles. The average molecular weight is 411 g/mol. The number of nitrogens with two attached hydrogens (primary N) is 1. The third kappa shape index (κ3) is 3.76. The first kappa shape index (κ1) is 19.6. The molecule has 0 saturated carbocycles. The second-order valence-electron chi connectivity index (χ2n) is 6.70. The summed E-state index contributed by atoms with van der Waals surface area (Å²) in [6, 6.07) is 16.0. The Morgan fingerprint density at radius 2 is 1.80 bits per heavy atom. The van der Waals surface area contributed by atoms with Crippen molar-refractivity contribution < 1.29 is 23.0 Å². The minimum absolute atomic E-state index is 0.0657. The molecule has 0 radical (unpaired) electrons. The van der Waals surface area contributed by atoms with Gasteiger partial charge in [0.1, 0.15) is 18.1 Å². The number of hydrogen-bond donors (Lipinski definition) is 1. The van der Waals surface area contributed by atoms with Gasteiger partial charge in [0.05, 0.1) is 13.3 Å². The molecule has 0 aliphatic carbocycles. The first-order valence-electron chi connectivity index (χ1n) is 9.13. The van der Waals surface area contributed by atoms with Crippen molar-refractivity contribution in [3.63, 3.8) is 0 Å². The smallest absolute Gasteiger partial charge is 0.387 e. The highest BCUT2D eigenvalue weighted by atomic mass is 19.3. The summed E-state index contributed by atoms with van der Waals surface area (Å²) < 4.78 is 40.2. The highest BCUT2D eigenvalue weighted by Crippen LogP contribution is 2.39. The Kier molecular flexibility index (Phi) is 5.22. The van der Waals surface area contributed by atoms with Gasteiger partial charge in [-0.25, -0.2) is 4.99 Å². The highest BCUT2D eigenvalue weighted by Gasteiger charge is 2.40. The number of halogens is 2. The number of aromatic nitrogens is 1. The number of nitrogens with zero attached hydrogens (tertiary/aromatic N) is 2. The number of pyridine rings is 1. The molecule has 0 spiro atoms. The summed E-state index contributed by atoms with van der Waals surface area (Å²) >= 11 is 0. The molecule has 1 aliphatic rings. The number of hydrogen-bond acceptors (Lipinski definition) is 6. The largest absolute Gasteiger partial charge is 0.495 e. The number of aliphatic imine (C=N–C) groups is 1. The maximum absolute atomic E-state index is 12.5. The molecule has 2 aromatic carbocycles. The van der Waals surface area contributed by atoms with Crippen molar-refractivity contribution in [3.8, 4) is 22.6 Å². The second-order valence-corrected chi connectivity index (χ2v) is 6.70. The molecule has 1 unspecified atom stereocenters. The summed E-state index contributed by atoms with van der Waals surface area (Å²) in [4.78, 5) is 8.77. The van der Waals surface area contributed by atoms with Gasteiger partial charge in [-0.1, -0.05) is 30.3 Å². The van der Waals surface area contributed by atoms with Crippen LogP contribution in [-0.2, 0) is 10.3 Å². The zero-order chi connectivity index (χ0) is 21.1. The molecule has 30 heavy (non-hydrogen) atoms. The third-order valence-electron chi connectivity index (χ3n) is 4.91. The summed E-state index contributed by atoms with van der Waals surface area (Å²) in [6.45, 7) is -2.70. The van der Waals surface area contributed by atoms with E-state index in [9.17, 15) is 8.78 Å². The Hall–Kier alpha value is -3.68. The maximum Gasteiger partial charge on any atom is 0.387 e. The second kappa shape index (κ2) is 7.98. The Labute approximate surface area is 171 Å². The van der Waals surface area contributed by atoms with Gasteiger partial charge < -0.3 is 19.9 Å². The summed E-state index contributed by atoms with van der Waals surface area (Å²) in [5, 5.41) is 0. The number of ether oxygens (including phenoxy) is 3. The van der Waals surface area contributed by atoms with E-state index >= 15 is 0 Å². The van der Waals surface area contributed by atoms with Crippen LogP contribution in [0.2, 0.25) is 0 Å². The van der Waals surface area contributed by atoms with E-state index in [0.717, 1.165) is 22.3 Å². The molecule has 1 atom stereocenters. The van der Waals surface area contributed by atoms with Crippen LogP contribution in [0.25, 0.3) is 11.1 Å². The van der Waals surface area contributed by atoms with E-state index in [1.807, 2.05) is 30.3 Å². The van der Waals surface area contributed by atoms with Crippen LogP contribution in [0.4, 0.5) is 8.78 Å². The van der Waals surface area contributed by atoms with Crippen LogP contribution < -0.4 is 15.2 Å². The monoisotopic (exact) mass is 411 g/mol. The molecule has 2 N–H and O–H groups in total. The lowest BCUT2D eigenvalue weighted by Crippen LogP contribution is -2.27. The van der Waals surface area contributed by atoms with Crippen LogP contribution in [0.5, 0.6) is 11.5 Å². The number of benzene rings is 2.